The van der Waals surface area contributed by atoms with Gasteiger partial charge in [-0.25, -0.2) is 0 Å². The van der Waals surface area contributed by atoms with Crippen LogP contribution in [0.5, 0.6) is 0 Å². The van der Waals surface area contributed by atoms with Crippen molar-refractivity contribution in [3.63, 3.8) is 0 Å². The van der Waals surface area contributed by atoms with Gasteiger partial charge >= 0.3 is 107 Å². The summed E-state index contributed by atoms with van der Waals surface area (Å²) >= 11 is 2.76. The summed E-state index contributed by atoms with van der Waals surface area (Å²) in [7, 11) is 1.61. The second-order valence-corrected chi connectivity index (χ2v) is 2.50. The zero-order chi connectivity index (χ0) is 14.1. The van der Waals surface area contributed by atoms with E-state index in [1.165, 1.54) is 0 Å². The van der Waals surface area contributed by atoms with E-state index >= 15 is 0 Å². The molecule has 5 nitrogen and oxygen atoms in total. The van der Waals surface area contributed by atoms with Crippen molar-refractivity contribution in [1.29, 1.82) is 0 Å². The molecule has 88 valence electrons. The quantitative estimate of drug-likeness (QED) is 0.617. The van der Waals surface area contributed by atoms with Crippen LogP contribution >= 0.6 is 0 Å². The third-order valence-corrected chi connectivity index (χ3v) is 1.60. The first kappa shape index (κ1) is 20.9. The van der Waals surface area contributed by atoms with Crippen molar-refractivity contribution in [2.24, 2.45) is 0 Å². The van der Waals surface area contributed by atoms with Crippen LogP contribution in [-0.4, -0.2) is 11.7 Å². The first-order chi connectivity index (χ1) is 8.33. The predicted molar refractivity (Wildman–Crippen MR) is 51.5 cm³/mol. The van der Waals surface area contributed by atoms with E-state index in [2.05, 4.69) is 35.8 Å². The normalized spacial score (nSPS) is 7.24. The van der Waals surface area contributed by atoms with Crippen molar-refractivity contribution in [2.75, 3.05) is 7.11 Å². The van der Waals surface area contributed by atoms with Gasteiger partial charge in [0.25, 0.3) is 0 Å². The fourth-order valence-electron chi connectivity index (χ4n) is 0.604. The van der Waals surface area contributed by atoms with E-state index in [1.807, 2.05) is 18.2 Å². The molecule has 1 aromatic heterocycles. The van der Waals surface area contributed by atoms with Gasteiger partial charge in [-0.05, 0) is 0 Å². The molecule has 0 spiro atoms. The van der Waals surface area contributed by atoms with Crippen LogP contribution in [0.1, 0.15) is 5.76 Å². The molecule has 1 aromatic rings. The third-order valence-electron chi connectivity index (χ3n) is 1.13. The molecule has 0 aliphatic heterocycles. The molecule has 0 N–H and O–H groups in total. The molecule has 0 atom stereocenters. The number of methoxy groups -OCH3 is 1. The van der Waals surface area contributed by atoms with Gasteiger partial charge in [-0.3, -0.25) is 0 Å². The Bertz CT molecular complexity index is 345. The zero-order valence-corrected chi connectivity index (χ0v) is 10.1. The van der Waals surface area contributed by atoms with Gasteiger partial charge in [0.2, 0.25) is 0 Å². The van der Waals surface area contributed by atoms with E-state index in [-0.39, 0.29) is 0 Å². The molecule has 1 heterocycles. The molecular formula is C11H8CrO5. The van der Waals surface area contributed by atoms with Gasteiger partial charge in [-0.2, -0.15) is 0 Å². The molecule has 1 rings (SSSR count). The van der Waals surface area contributed by atoms with Crippen LogP contribution in [0.2, 0.25) is 0 Å². The summed E-state index contributed by atoms with van der Waals surface area (Å²) in [6.07, 6.45) is 5.26. The van der Waals surface area contributed by atoms with Crippen LogP contribution in [0.25, 0.3) is 6.08 Å². The monoisotopic (exact) mass is 272 g/mol. The second-order valence-electron chi connectivity index (χ2n) is 1.87. The van der Waals surface area contributed by atoms with Gasteiger partial charge in [0, 0.05) is 0 Å². The average Bonchev–Trinajstić information content (AvgIpc) is 2.96. The molecule has 0 aliphatic carbocycles. The van der Waals surface area contributed by atoms with Crippen molar-refractivity contribution in [1.82, 2.24) is 0 Å². The molecule has 0 bridgehead atoms. The topological polar surface area (TPSA) is 82.1 Å². The maximum absolute atomic E-state index is 7.50. The maximum atomic E-state index is 7.50. The SMILES string of the molecule is CO[C](=[Cr])/C=C/c1ccco1.[C-]#[O+].[C-]#[O+].[C-]#[O+]. The Hall–Kier alpha value is -1.40. The molecule has 0 radical (unpaired) electrons. The number of hydrogen-bond donors (Lipinski definition) is 0. The van der Waals surface area contributed by atoms with Crippen LogP contribution in [0.3, 0.4) is 0 Å². The van der Waals surface area contributed by atoms with Gasteiger partial charge in [0.05, 0.1) is 0 Å². The van der Waals surface area contributed by atoms with Crippen molar-refractivity contribution in [3.8, 4) is 0 Å². The summed E-state index contributed by atoms with van der Waals surface area (Å²) in [4.78, 5) is 0. The van der Waals surface area contributed by atoms with Gasteiger partial charge in [0.15, 0.2) is 0 Å². The molecule has 0 saturated carbocycles. The third kappa shape index (κ3) is 14.6. The first-order valence-electron chi connectivity index (χ1n) is 3.73. The number of furan rings is 1. The number of ether oxygens (including phenoxy) is 1. The van der Waals surface area contributed by atoms with Crippen LogP contribution in [-0.2, 0) is 34.5 Å². The Balaban J connectivity index is -0.000000285. The van der Waals surface area contributed by atoms with Gasteiger partial charge in [-0.1, -0.05) is 0 Å². The molecule has 0 unspecified atom stereocenters. The summed E-state index contributed by atoms with van der Waals surface area (Å²) in [6, 6.07) is 3.71. The molecule has 0 amide bonds. The summed E-state index contributed by atoms with van der Waals surface area (Å²) in [5.41, 5.74) is 0. The Morgan fingerprint density at radius 1 is 1.29 bits per heavy atom. The fourth-order valence-corrected chi connectivity index (χ4v) is 0.711. The molecule has 0 aliphatic rings. The second kappa shape index (κ2) is 20.1. The molecule has 0 fully saturated rings. The summed E-state index contributed by atoms with van der Waals surface area (Å²) in [5, 5.41) is 0. The van der Waals surface area contributed by atoms with Gasteiger partial charge < -0.3 is 0 Å². The van der Waals surface area contributed by atoms with Crippen LogP contribution in [0.15, 0.2) is 28.9 Å². The minimum atomic E-state index is 0.737. The Morgan fingerprint density at radius 2 is 1.82 bits per heavy atom. The molecule has 0 aromatic carbocycles. The van der Waals surface area contributed by atoms with Gasteiger partial charge in [-0.15, -0.1) is 0 Å². The summed E-state index contributed by atoms with van der Waals surface area (Å²) < 4.78 is 33.2. The van der Waals surface area contributed by atoms with E-state index in [0.717, 1.165) is 10.3 Å². The molecule has 6 heteroatoms. The Kier molecular flexibility index (Phi) is 24.7. The Morgan fingerprint density at radius 3 is 2.18 bits per heavy atom. The van der Waals surface area contributed by atoms with E-state index < -0.39 is 0 Å². The summed E-state index contributed by atoms with van der Waals surface area (Å²) in [6.45, 7) is 13.5. The van der Waals surface area contributed by atoms with E-state index in [9.17, 15) is 0 Å². The first-order valence-corrected chi connectivity index (χ1v) is 4.37. The predicted octanol–water partition coefficient (Wildman–Crippen LogP) is 1.50. The van der Waals surface area contributed by atoms with Crippen molar-refractivity contribution in [2.45, 2.75) is 0 Å². The van der Waals surface area contributed by atoms with E-state index in [1.54, 1.807) is 19.4 Å². The van der Waals surface area contributed by atoms with Crippen LogP contribution < -0.4 is 0 Å². The Labute approximate surface area is 107 Å². The molecule has 0 saturated heterocycles. The van der Waals surface area contributed by atoms with E-state index in [4.69, 9.17) is 23.1 Å². The van der Waals surface area contributed by atoms with Crippen molar-refractivity contribution < 1.29 is 39.0 Å². The molecular weight excluding hydrogens is 264 g/mol. The number of rotatable bonds is 3. The summed E-state index contributed by atoms with van der Waals surface area (Å²) in [5.74, 6) is 0.815. The van der Waals surface area contributed by atoms with Crippen molar-refractivity contribution >= 4 is 10.6 Å². The van der Waals surface area contributed by atoms with Crippen molar-refractivity contribution in [3.05, 3.63) is 50.2 Å². The molecule has 17 heavy (non-hydrogen) atoms. The zero-order valence-electron chi connectivity index (χ0n) is 8.84. The minimum absolute atomic E-state index is 0.737. The van der Waals surface area contributed by atoms with Crippen LogP contribution in [0.4, 0.5) is 0 Å². The van der Waals surface area contributed by atoms with E-state index in [0.29, 0.717) is 0 Å². The number of hydrogen-bond acceptors (Lipinski definition) is 2. The van der Waals surface area contributed by atoms with Crippen LogP contribution in [0, 0.1) is 20.0 Å². The fraction of sp³-hybridized carbons (Fsp3) is 0.0909. The standard InChI is InChI=1S/C8H8O2.3CO.Cr/c1-9-6-2-4-8-5-3-7-10-8;3*1-2;/h2-5,7H,1H3;;;;/b4-2+;;;;. The van der Waals surface area contributed by atoms with Gasteiger partial charge in [0.1, 0.15) is 0 Å². The average molecular weight is 272 g/mol.